The number of hydrogen-bond donors (Lipinski definition) is 1. The van der Waals surface area contributed by atoms with Crippen molar-refractivity contribution in [3.63, 3.8) is 0 Å². The predicted octanol–water partition coefficient (Wildman–Crippen LogP) is 3.91. The van der Waals surface area contributed by atoms with Crippen LogP contribution < -0.4 is 5.32 Å². The van der Waals surface area contributed by atoms with E-state index < -0.39 is 0 Å². The zero-order valence-electron chi connectivity index (χ0n) is 13.3. The minimum atomic E-state index is 0.205. The topological polar surface area (TPSA) is 42.0 Å². The Morgan fingerprint density at radius 3 is 2.76 bits per heavy atom. The molecule has 1 aromatic rings. The summed E-state index contributed by atoms with van der Waals surface area (Å²) < 4.78 is 0. The van der Waals surface area contributed by atoms with Crippen molar-refractivity contribution < 1.29 is 4.79 Å². The molecule has 0 aromatic carbocycles. The number of amides is 1. The van der Waals surface area contributed by atoms with Crippen LogP contribution in [0.15, 0.2) is 24.5 Å². The van der Waals surface area contributed by atoms with Crippen molar-refractivity contribution >= 4 is 5.91 Å². The van der Waals surface area contributed by atoms with Crippen LogP contribution in [-0.2, 0) is 4.79 Å². The number of nitrogens with zero attached hydrogens (tertiary/aromatic N) is 1. The quantitative estimate of drug-likeness (QED) is 0.826. The maximum atomic E-state index is 12.0. The fraction of sp³-hybridized carbons (Fsp3) is 0.667. The molecule has 116 valence electrons. The number of aromatic nitrogens is 1. The van der Waals surface area contributed by atoms with Crippen LogP contribution in [0.1, 0.15) is 63.9 Å². The van der Waals surface area contributed by atoms with E-state index in [2.05, 4.69) is 30.2 Å². The zero-order chi connectivity index (χ0) is 15.1. The predicted molar refractivity (Wildman–Crippen MR) is 86.0 cm³/mol. The molecule has 3 nitrogen and oxygen atoms in total. The lowest BCUT2D eigenvalue weighted by atomic mass is 9.89. The van der Waals surface area contributed by atoms with E-state index in [-0.39, 0.29) is 5.91 Å². The smallest absolute Gasteiger partial charge is 0.220 e. The molecule has 1 aliphatic rings. The number of rotatable bonds is 7. The highest BCUT2D eigenvalue weighted by Crippen LogP contribution is 2.28. The van der Waals surface area contributed by atoms with E-state index in [4.69, 9.17) is 0 Å². The van der Waals surface area contributed by atoms with Crippen LogP contribution in [0.5, 0.6) is 0 Å². The van der Waals surface area contributed by atoms with Crippen molar-refractivity contribution in [2.75, 3.05) is 6.54 Å². The standard InChI is InChI=1S/C18H28N2O/c1-14(2)17(16-8-5-11-19-12-16)13-20-18(21)10-9-15-6-3-4-7-15/h5,8,11-12,14-15,17H,3-4,6-7,9-10,13H2,1-2H3,(H,20,21). The summed E-state index contributed by atoms with van der Waals surface area (Å²) in [5.74, 6) is 1.82. The highest BCUT2D eigenvalue weighted by atomic mass is 16.1. The molecule has 1 aromatic heterocycles. The highest BCUT2D eigenvalue weighted by Gasteiger charge is 2.19. The number of carbonyl (C=O) groups is 1. The molecular weight excluding hydrogens is 260 g/mol. The molecule has 1 saturated carbocycles. The van der Waals surface area contributed by atoms with Gasteiger partial charge in [0.15, 0.2) is 0 Å². The van der Waals surface area contributed by atoms with Gasteiger partial charge in [-0.3, -0.25) is 9.78 Å². The molecule has 0 saturated heterocycles. The summed E-state index contributed by atoms with van der Waals surface area (Å²) >= 11 is 0. The summed E-state index contributed by atoms with van der Waals surface area (Å²) in [6.07, 6.45) is 10.8. The molecule has 3 heteroatoms. The third kappa shape index (κ3) is 5.14. The van der Waals surface area contributed by atoms with Gasteiger partial charge in [-0.1, -0.05) is 45.6 Å². The van der Waals surface area contributed by atoms with E-state index in [0.29, 0.717) is 24.8 Å². The van der Waals surface area contributed by atoms with Gasteiger partial charge in [0.25, 0.3) is 0 Å². The van der Waals surface area contributed by atoms with Gasteiger partial charge >= 0.3 is 0 Å². The Hall–Kier alpha value is -1.38. The van der Waals surface area contributed by atoms with Gasteiger partial charge in [-0.2, -0.15) is 0 Å². The summed E-state index contributed by atoms with van der Waals surface area (Å²) in [6.45, 7) is 5.11. The van der Waals surface area contributed by atoms with Crippen LogP contribution in [-0.4, -0.2) is 17.4 Å². The molecule has 2 rings (SSSR count). The minimum Gasteiger partial charge on any atom is -0.355 e. The van der Waals surface area contributed by atoms with E-state index in [1.807, 2.05) is 12.3 Å². The number of hydrogen-bond acceptors (Lipinski definition) is 2. The van der Waals surface area contributed by atoms with Gasteiger partial charge in [0.2, 0.25) is 5.91 Å². The first kappa shape index (κ1) is 16.0. The summed E-state index contributed by atoms with van der Waals surface area (Å²) in [5.41, 5.74) is 1.21. The molecule has 1 unspecified atom stereocenters. The zero-order valence-corrected chi connectivity index (χ0v) is 13.3. The first-order chi connectivity index (χ1) is 10.2. The van der Waals surface area contributed by atoms with Crippen LogP contribution in [0.2, 0.25) is 0 Å². The molecule has 0 spiro atoms. The molecule has 1 N–H and O–H groups in total. The molecule has 0 bridgehead atoms. The molecule has 1 heterocycles. The molecular formula is C18H28N2O. The van der Waals surface area contributed by atoms with E-state index in [0.717, 1.165) is 12.3 Å². The Morgan fingerprint density at radius 1 is 1.38 bits per heavy atom. The Bertz CT molecular complexity index is 424. The second-order valence-corrected chi connectivity index (χ2v) is 6.63. The summed E-state index contributed by atoms with van der Waals surface area (Å²) in [7, 11) is 0. The lowest BCUT2D eigenvalue weighted by molar-refractivity contribution is -0.121. The summed E-state index contributed by atoms with van der Waals surface area (Å²) in [6, 6.07) is 4.06. The lowest BCUT2D eigenvalue weighted by Crippen LogP contribution is -2.30. The number of carbonyl (C=O) groups excluding carboxylic acids is 1. The maximum absolute atomic E-state index is 12.0. The van der Waals surface area contributed by atoms with Crippen molar-refractivity contribution in [2.24, 2.45) is 11.8 Å². The Balaban J connectivity index is 1.77. The van der Waals surface area contributed by atoms with E-state index in [1.165, 1.54) is 31.2 Å². The average molecular weight is 288 g/mol. The monoisotopic (exact) mass is 288 g/mol. The maximum Gasteiger partial charge on any atom is 0.220 e. The third-order valence-electron chi connectivity index (χ3n) is 4.69. The van der Waals surface area contributed by atoms with Crippen LogP contribution in [0.3, 0.4) is 0 Å². The van der Waals surface area contributed by atoms with Gasteiger partial charge in [-0.15, -0.1) is 0 Å². The molecule has 1 amide bonds. The van der Waals surface area contributed by atoms with E-state index >= 15 is 0 Å². The molecule has 1 fully saturated rings. The largest absolute Gasteiger partial charge is 0.355 e. The van der Waals surface area contributed by atoms with Crippen LogP contribution in [0, 0.1) is 11.8 Å². The Kier molecular flexibility index (Phi) is 6.21. The fourth-order valence-corrected chi connectivity index (χ4v) is 3.28. The number of nitrogens with one attached hydrogen (secondary N) is 1. The van der Waals surface area contributed by atoms with Crippen molar-refractivity contribution in [3.05, 3.63) is 30.1 Å². The van der Waals surface area contributed by atoms with Crippen molar-refractivity contribution in [2.45, 2.75) is 58.3 Å². The molecule has 21 heavy (non-hydrogen) atoms. The van der Waals surface area contributed by atoms with E-state index in [1.54, 1.807) is 6.20 Å². The second kappa shape index (κ2) is 8.16. The van der Waals surface area contributed by atoms with Gasteiger partial charge in [0.1, 0.15) is 0 Å². The minimum absolute atomic E-state index is 0.205. The van der Waals surface area contributed by atoms with Crippen molar-refractivity contribution in [3.8, 4) is 0 Å². The van der Waals surface area contributed by atoms with Crippen molar-refractivity contribution in [1.29, 1.82) is 0 Å². The summed E-state index contributed by atoms with van der Waals surface area (Å²) in [5, 5.41) is 3.12. The van der Waals surface area contributed by atoms with Gasteiger partial charge in [0.05, 0.1) is 0 Å². The highest BCUT2D eigenvalue weighted by molar-refractivity contribution is 5.75. The first-order valence-corrected chi connectivity index (χ1v) is 8.33. The van der Waals surface area contributed by atoms with Gasteiger partial charge < -0.3 is 5.32 Å². The number of pyridine rings is 1. The Labute approximate surface area is 128 Å². The lowest BCUT2D eigenvalue weighted by Gasteiger charge is -2.21. The Morgan fingerprint density at radius 2 is 2.14 bits per heavy atom. The van der Waals surface area contributed by atoms with Crippen LogP contribution in [0.25, 0.3) is 0 Å². The molecule has 0 aliphatic heterocycles. The first-order valence-electron chi connectivity index (χ1n) is 8.33. The molecule has 1 atom stereocenters. The van der Waals surface area contributed by atoms with Gasteiger partial charge in [0, 0.05) is 31.3 Å². The normalized spacial score (nSPS) is 17.1. The molecule has 0 radical (unpaired) electrons. The third-order valence-corrected chi connectivity index (χ3v) is 4.69. The van der Waals surface area contributed by atoms with Gasteiger partial charge in [-0.25, -0.2) is 0 Å². The van der Waals surface area contributed by atoms with E-state index in [9.17, 15) is 4.79 Å². The van der Waals surface area contributed by atoms with Crippen LogP contribution >= 0.6 is 0 Å². The van der Waals surface area contributed by atoms with Crippen molar-refractivity contribution in [1.82, 2.24) is 10.3 Å². The summed E-state index contributed by atoms with van der Waals surface area (Å²) in [4.78, 5) is 16.2. The fourth-order valence-electron chi connectivity index (χ4n) is 3.28. The SMILES string of the molecule is CC(C)C(CNC(=O)CCC1CCCC1)c1cccnc1. The average Bonchev–Trinajstić information content (AvgIpc) is 2.99. The van der Waals surface area contributed by atoms with Crippen LogP contribution in [0.4, 0.5) is 0 Å². The second-order valence-electron chi connectivity index (χ2n) is 6.63. The molecule has 1 aliphatic carbocycles. The van der Waals surface area contributed by atoms with Gasteiger partial charge in [-0.05, 0) is 29.9 Å².